The minimum absolute atomic E-state index is 0.0485. The van der Waals surface area contributed by atoms with Gasteiger partial charge in [0, 0.05) is 21.7 Å². The molecule has 0 aliphatic carbocycles. The van der Waals surface area contributed by atoms with Crippen LogP contribution in [0.1, 0.15) is 26.5 Å². The van der Waals surface area contributed by atoms with Crippen molar-refractivity contribution >= 4 is 17.1 Å². The van der Waals surface area contributed by atoms with Crippen LogP contribution in [0.5, 0.6) is 5.75 Å². The fourth-order valence-electron chi connectivity index (χ4n) is 1.84. The molecule has 0 N–H and O–H groups in total. The predicted molar refractivity (Wildman–Crippen MR) is 74.7 cm³/mol. The van der Waals surface area contributed by atoms with Crippen molar-refractivity contribution in [3.05, 3.63) is 51.5 Å². The van der Waals surface area contributed by atoms with Crippen molar-refractivity contribution in [3.8, 4) is 5.75 Å². The van der Waals surface area contributed by atoms with E-state index in [2.05, 4.69) is 0 Å². The van der Waals surface area contributed by atoms with Crippen molar-refractivity contribution in [3.63, 3.8) is 0 Å². The number of thiophene rings is 1. The zero-order valence-corrected chi connectivity index (χ0v) is 11.7. The monoisotopic (exact) mass is 278 g/mol. The van der Waals surface area contributed by atoms with Crippen LogP contribution < -0.4 is 4.74 Å². The van der Waals surface area contributed by atoms with Crippen LogP contribution in [0.4, 0.5) is 4.39 Å². The molecule has 2 aromatic rings. The average Bonchev–Trinajstić information content (AvgIpc) is 2.81. The first kappa shape index (κ1) is 13.7. The molecule has 0 radical (unpaired) electrons. The molecule has 1 heterocycles. The van der Waals surface area contributed by atoms with Gasteiger partial charge in [-0.25, -0.2) is 4.39 Å². The number of ketones is 1. The summed E-state index contributed by atoms with van der Waals surface area (Å²) in [6.45, 7) is 2.04. The molecule has 0 aliphatic rings. The van der Waals surface area contributed by atoms with Crippen LogP contribution in [-0.4, -0.2) is 12.9 Å². The van der Waals surface area contributed by atoms with E-state index in [0.29, 0.717) is 18.4 Å². The van der Waals surface area contributed by atoms with Gasteiger partial charge in [-0.1, -0.05) is 0 Å². The number of carbonyl (C=O) groups is 1. The summed E-state index contributed by atoms with van der Waals surface area (Å²) < 4.78 is 18.3. The van der Waals surface area contributed by atoms with Gasteiger partial charge in [0.05, 0.1) is 7.11 Å². The summed E-state index contributed by atoms with van der Waals surface area (Å²) in [5.41, 5.74) is 0.395. The smallest absolute Gasteiger partial charge is 0.165 e. The first-order valence-corrected chi connectivity index (χ1v) is 6.84. The van der Waals surface area contributed by atoms with Crippen LogP contribution in [0, 0.1) is 12.7 Å². The van der Waals surface area contributed by atoms with Crippen molar-refractivity contribution in [2.45, 2.75) is 19.8 Å². The van der Waals surface area contributed by atoms with E-state index in [9.17, 15) is 9.18 Å². The lowest BCUT2D eigenvalue weighted by molar-refractivity contribution is 0.0982. The molecule has 0 fully saturated rings. The van der Waals surface area contributed by atoms with Crippen molar-refractivity contribution in [2.75, 3.05) is 7.11 Å². The Morgan fingerprint density at radius 2 is 2.11 bits per heavy atom. The van der Waals surface area contributed by atoms with Crippen LogP contribution in [0.15, 0.2) is 30.3 Å². The Kier molecular flexibility index (Phi) is 4.32. The van der Waals surface area contributed by atoms with Gasteiger partial charge in [-0.2, -0.15) is 0 Å². The van der Waals surface area contributed by atoms with E-state index >= 15 is 0 Å². The number of halogens is 1. The van der Waals surface area contributed by atoms with Crippen LogP contribution in [0.2, 0.25) is 0 Å². The molecule has 0 atom stereocenters. The minimum atomic E-state index is -0.500. The Bertz CT molecular complexity index is 590. The second kappa shape index (κ2) is 5.97. The maximum atomic E-state index is 13.5. The molecule has 0 saturated carbocycles. The van der Waals surface area contributed by atoms with Gasteiger partial charge >= 0.3 is 0 Å². The van der Waals surface area contributed by atoms with Gasteiger partial charge in [-0.05, 0) is 43.7 Å². The largest absolute Gasteiger partial charge is 0.494 e. The fraction of sp³-hybridized carbons (Fsp3) is 0.267. The number of hydrogen-bond donors (Lipinski definition) is 0. The Labute approximate surface area is 115 Å². The molecular formula is C15H15FO2S. The van der Waals surface area contributed by atoms with Crippen molar-refractivity contribution in [2.24, 2.45) is 0 Å². The summed E-state index contributed by atoms with van der Waals surface area (Å²) >= 11 is 1.69. The number of aryl methyl sites for hydroxylation is 2. The number of methoxy groups -OCH3 is 1. The molecule has 19 heavy (non-hydrogen) atoms. The van der Waals surface area contributed by atoms with Crippen LogP contribution in [0.3, 0.4) is 0 Å². The predicted octanol–water partition coefficient (Wildman–Crippen LogP) is 4.02. The van der Waals surface area contributed by atoms with Gasteiger partial charge in [0.1, 0.15) is 0 Å². The molecule has 0 amide bonds. The molecule has 0 unspecified atom stereocenters. The van der Waals surface area contributed by atoms with Gasteiger partial charge in [0.25, 0.3) is 0 Å². The molecule has 100 valence electrons. The fourth-order valence-corrected chi connectivity index (χ4v) is 2.73. The molecule has 0 bridgehead atoms. The first-order valence-electron chi connectivity index (χ1n) is 6.02. The summed E-state index contributed by atoms with van der Waals surface area (Å²) in [4.78, 5) is 14.4. The number of ether oxygens (including phenoxy) is 1. The Balaban J connectivity index is 2.01. The summed E-state index contributed by atoms with van der Waals surface area (Å²) in [5, 5.41) is 0. The zero-order valence-electron chi connectivity index (χ0n) is 10.9. The van der Waals surface area contributed by atoms with E-state index in [4.69, 9.17) is 4.74 Å². The Morgan fingerprint density at radius 1 is 1.32 bits per heavy atom. The molecular weight excluding hydrogens is 263 g/mol. The number of carbonyl (C=O) groups excluding carboxylic acids is 1. The lowest BCUT2D eigenvalue weighted by Crippen LogP contribution is -2.01. The molecule has 0 aliphatic heterocycles. The maximum Gasteiger partial charge on any atom is 0.165 e. The second-order valence-electron chi connectivity index (χ2n) is 4.28. The van der Waals surface area contributed by atoms with E-state index in [1.807, 2.05) is 19.1 Å². The van der Waals surface area contributed by atoms with E-state index in [-0.39, 0.29) is 11.5 Å². The van der Waals surface area contributed by atoms with Gasteiger partial charge in [-0.15, -0.1) is 11.3 Å². The zero-order chi connectivity index (χ0) is 13.8. The SMILES string of the molecule is COc1ccc(C(=O)CCc2ccc(C)s2)cc1F. The molecule has 1 aromatic heterocycles. The van der Waals surface area contributed by atoms with Gasteiger partial charge < -0.3 is 4.74 Å². The Morgan fingerprint density at radius 3 is 2.68 bits per heavy atom. The highest BCUT2D eigenvalue weighted by Gasteiger charge is 2.10. The van der Waals surface area contributed by atoms with Crippen LogP contribution >= 0.6 is 11.3 Å². The van der Waals surface area contributed by atoms with E-state index in [0.717, 1.165) is 0 Å². The molecule has 2 rings (SSSR count). The highest BCUT2D eigenvalue weighted by molar-refractivity contribution is 7.11. The number of hydrogen-bond acceptors (Lipinski definition) is 3. The summed E-state index contributed by atoms with van der Waals surface area (Å²) in [6, 6.07) is 8.39. The van der Waals surface area contributed by atoms with Gasteiger partial charge in [0.2, 0.25) is 0 Å². The highest BCUT2D eigenvalue weighted by atomic mass is 32.1. The maximum absolute atomic E-state index is 13.5. The molecule has 4 heteroatoms. The number of benzene rings is 1. The Hall–Kier alpha value is -1.68. The van der Waals surface area contributed by atoms with Crippen molar-refractivity contribution < 1.29 is 13.9 Å². The quantitative estimate of drug-likeness (QED) is 0.772. The van der Waals surface area contributed by atoms with E-state index in [1.54, 1.807) is 17.4 Å². The van der Waals surface area contributed by atoms with Gasteiger partial charge in [0.15, 0.2) is 17.3 Å². The number of Topliss-reactive ketones (excluding diaryl/α,β-unsaturated/α-hetero) is 1. The third-order valence-corrected chi connectivity index (χ3v) is 3.93. The lowest BCUT2D eigenvalue weighted by Gasteiger charge is -2.04. The summed E-state index contributed by atoms with van der Waals surface area (Å²) in [7, 11) is 1.40. The molecule has 2 nitrogen and oxygen atoms in total. The van der Waals surface area contributed by atoms with Crippen molar-refractivity contribution in [1.29, 1.82) is 0 Å². The second-order valence-corrected chi connectivity index (χ2v) is 5.66. The number of rotatable bonds is 5. The van der Waals surface area contributed by atoms with E-state index in [1.165, 1.54) is 29.0 Å². The van der Waals surface area contributed by atoms with Crippen LogP contribution in [-0.2, 0) is 6.42 Å². The lowest BCUT2D eigenvalue weighted by atomic mass is 10.1. The van der Waals surface area contributed by atoms with E-state index < -0.39 is 5.82 Å². The molecule has 0 saturated heterocycles. The summed E-state index contributed by atoms with van der Waals surface area (Å²) in [5.74, 6) is -0.390. The summed E-state index contributed by atoms with van der Waals surface area (Å²) in [6.07, 6.45) is 1.09. The van der Waals surface area contributed by atoms with Gasteiger partial charge in [-0.3, -0.25) is 4.79 Å². The van der Waals surface area contributed by atoms with Crippen LogP contribution in [0.25, 0.3) is 0 Å². The standard InChI is InChI=1S/C15H15FO2S/c1-10-3-5-12(19-10)6-7-14(17)11-4-8-15(18-2)13(16)9-11/h3-5,8-9H,6-7H2,1-2H3. The molecule has 1 aromatic carbocycles. The normalized spacial score (nSPS) is 10.5. The third kappa shape index (κ3) is 3.41. The third-order valence-electron chi connectivity index (χ3n) is 2.87. The highest BCUT2D eigenvalue weighted by Crippen LogP contribution is 2.20. The average molecular weight is 278 g/mol. The minimum Gasteiger partial charge on any atom is -0.494 e. The molecule has 0 spiro atoms. The topological polar surface area (TPSA) is 26.3 Å². The first-order chi connectivity index (χ1) is 9.10. The van der Waals surface area contributed by atoms with Crippen molar-refractivity contribution in [1.82, 2.24) is 0 Å².